The maximum absolute atomic E-state index is 12.5. The molecule has 0 saturated heterocycles. The number of amides is 2. The smallest absolute Gasteiger partial charge is 0.270 e. The lowest BCUT2D eigenvalue weighted by atomic mass is 10.1. The fourth-order valence-corrected chi connectivity index (χ4v) is 3.07. The third-order valence-electron chi connectivity index (χ3n) is 4.26. The molecule has 1 heterocycles. The Kier molecular flexibility index (Phi) is 5.35. The maximum atomic E-state index is 12.5. The van der Waals surface area contributed by atoms with E-state index in [0.717, 1.165) is 28.1 Å². The molecular weight excluding hydrogens is 340 g/mol. The van der Waals surface area contributed by atoms with Crippen LogP contribution in [0.1, 0.15) is 27.2 Å². The molecule has 0 unspecified atom stereocenters. The number of carbonyl (C=O) groups is 2. The molecule has 2 aromatic carbocycles. The van der Waals surface area contributed by atoms with Crippen molar-refractivity contribution in [1.29, 1.82) is 0 Å². The molecule has 3 rings (SSSR count). The average molecular weight is 362 g/mol. The Hall–Kier alpha value is -3.41. The van der Waals surface area contributed by atoms with Gasteiger partial charge in [0, 0.05) is 11.4 Å². The van der Waals surface area contributed by atoms with Crippen molar-refractivity contribution in [1.82, 2.24) is 14.9 Å². The molecule has 27 heavy (non-hydrogen) atoms. The van der Waals surface area contributed by atoms with E-state index in [-0.39, 0.29) is 18.4 Å². The van der Waals surface area contributed by atoms with Crippen LogP contribution in [0.3, 0.4) is 0 Å². The van der Waals surface area contributed by atoms with E-state index in [4.69, 9.17) is 0 Å². The second-order valence-corrected chi connectivity index (χ2v) is 6.49. The Morgan fingerprint density at radius 1 is 1.04 bits per heavy atom. The van der Waals surface area contributed by atoms with Crippen LogP contribution in [0.5, 0.6) is 0 Å². The quantitative estimate of drug-likeness (QED) is 0.732. The van der Waals surface area contributed by atoms with Crippen LogP contribution in [0.4, 0.5) is 5.69 Å². The molecule has 0 radical (unpaired) electrons. The number of rotatable bonds is 5. The van der Waals surface area contributed by atoms with Gasteiger partial charge in [-0.25, -0.2) is 4.98 Å². The summed E-state index contributed by atoms with van der Waals surface area (Å²) in [5.74, 6) is -0.631. The van der Waals surface area contributed by atoms with Crippen molar-refractivity contribution in [3.8, 4) is 5.69 Å². The topological polar surface area (TPSA) is 76.0 Å². The number of aromatic nitrogens is 2. The van der Waals surface area contributed by atoms with E-state index in [1.807, 2.05) is 63.2 Å². The molecule has 6 heteroatoms. The average Bonchev–Trinajstić information content (AvgIpc) is 3.13. The van der Waals surface area contributed by atoms with Crippen LogP contribution in [-0.2, 0) is 4.79 Å². The first-order chi connectivity index (χ1) is 13.0. The zero-order valence-corrected chi connectivity index (χ0v) is 15.6. The van der Waals surface area contributed by atoms with Gasteiger partial charge >= 0.3 is 0 Å². The van der Waals surface area contributed by atoms with Crippen LogP contribution in [-0.4, -0.2) is 27.9 Å². The molecule has 2 amide bonds. The molecule has 2 N–H and O–H groups in total. The van der Waals surface area contributed by atoms with Gasteiger partial charge in [0.25, 0.3) is 5.91 Å². The minimum absolute atomic E-state index is 0.119. The fraction of sp³-hybridized carbons (Fsp3) is 0.190. The van der Waals surface area contributed by atoms with Gasteiger partial charge in [0.1, 0.15) is 5.69 Å². The van der Waals surface area contributed by atoms with E-state index >= 15 is 0 Å². The number of anilines is 1. The Balaban J connectivity index is 1.65. The first-order valence-electron chi connectivity index (χ1n) is 8.69. The molecule has 0 aliphatic heterocycles. The van der Waals surface area contributed by atoms with Crippen molar-refractivity contribution in [2.45, 2.75) is 20.8 Å². The van der Waals surface area contributed by atoms with Crippen LogP contribution in [0.2, 0.25) is 0 Å². The lowest BCUT2D eigenvalue weighted by molar-refractivity contribution is -0.115. The Bertz CT molecular complexity index is 954. The van der Waals surface area contributed by atoms with Gasteiger partial charge in [0.15, 0.2) is 0 Å². The van der Waals surface area contributed by atoms with Gasteiger partial charge in [-0.05, 0) is 44.0 Å². The van der Waals surface area contributed by atoms with Crippen LogP contribution in [0, 0.1) is 20.8 Å². The Morgan fingerprint density at radius 3 is 2.37 bits per heavy atom. The number of benzene rings is 2. The number of nitrogens with one attached hydrogen (secondary N) is 2. The zero-order valence-electron chi connectivity index (χ0n) is 15.6. The monoisotopic (exact) mass is 362 g/mol. The maximum Gasteiger partial charge on any atom is 0.270 e. The van der Waals surface area contributed by atoms with E-state index in [0.29, 0.717) is 5.69 Å². The number of hydrogen-bond donors (Lipinski definition) is 2. The number of hydrogen-bond acceptors (Lipinski definition) is 3. The van der Waals surface area contributed by atoms with E-state index in [2.05, 4.69) is 15.6 Å². The predicted octanol–water partition coefficient (Wildman–Crippen LogP) is 3.17. The minimum Gasteiger partial charge on any atom is -0.342 e. The summed E-state index contributed by atoms with van der Waals surface area (Å²) >= 11 is 0. The molecule has 0 aliphatic carbocycles. The third-order valence-corrected chi connectivity index (χ3v) is 4.26. The van der Waals surface area contributed by atoms with Crippen molar-refractivity contribution in [2.24, 2.45) is 0 Å². The number of carbonyl (C=O) groups excluding carboxylic acids is 2. The molecule has 0 atom stereocenters. The summed E-state index contributed by atoms with van der Waals surface area (Å²) in [7, 11) is 0. The van der Waals surface area contributed by atoms with Gasteiger partial charge in [0.05, 0.1) is 19.1 Å². The highest BCUT2D eigenvalue weighted by Crippen LogP contribution is 2.21. The highest BCUT2D eigenvalue weighted by molar-refractivity contribution is 5.99. The van der Waals surface area contributed by atoms with Gasteiger partial charge < -0.3 is 10.6 Å². The second-order valence-electron chi connectivity index (χ2n) is 6.49. The second kappa shape index (κ2) is 7.86. The van der Waals surface area contributed by atoms with Crippen molar-refractivity contribution in [3.63, 3.8) is 0 Å². The lowest BCUT2D eigenvalue weighted by Crippen LogP contribution is -2.34. The fourth-order valence-electron chi connectivity index (χ4n) is 3.07. The van der Waals surface area contributed by atoms with Crippen molar-refractivity contribution in [3.05, 3.63) is 77.4 Å². The Morgan fingerprint density at radius 2 is 1.70 bits per heavy atom. The largest absolute Gasteiger partial charge is 0.342 e. The lowest BCUT2D eigenvalue weighted by Gasteiger charge is -2.13. The molecule has 6 nitrogen and oxygen atoms in total. The molecule has 0 saturated carbocycles. The Labute approximate surface area is 158 Å². The number of nitrogens with zero attached hydrogens (tertiary/aromatic N) is 2. The van der Waals surface area contributed by atoms with Crippen molar-refractivity contribution in [2.75, 3.05) is 11.9 Å². The third kappa shape index (κ3) is 4.23. The first-order valence-corrected chi connectivity index (χ1v) is 8.69. The summed E-state index contributed by atoms with van der Waals surface area (Å²) in [6.45, 7) is 5.80. The molecule has 0 bridgehead atoms. The first kappa shape index (κ1) is 18.4. The van der Waals surface area contributed by atoms with Gasteiger partial charge in [-0.15, -0.1) is 0 Å². The van der Waals surface area contributed by atoms with Gasteiger partial charge in [-0.2, -0.15) is 0 Å². The van der Waals surface area contributed by atoms with Gasteiger partial charge in [0.2, 0.25) is 5.91 Å². The summed E-state index contributed by atoms with van der Waals surface area (Å²) in [5.41, 5.74) is 5.12. The number of imidazole rings is 1. The normalized spacial score (nSPS) is 10.5. The van der Waals surface area contributed by atoms with Gasteiger partial charge in [-0.1, -0.05) is 35.9 Å². The van der Waals surface area contributed by atoms with Crippen LogP contribution in [0.15, 0.2) is 55.0 Å². The summed E-state index contributed by atoms with van der Waals surface area (Å²) in [5, 5.41) is 5.53. The summed E-state index contributed by atoms with van der Waals surface area (Å²) in [6.07, 6.45) is 3.05. The number of para-hydroxylation sites is 1. The van der Waals surface area contributed by atoms with Gasteiger partial charge in [-0.3, -0.25) is 14.2 Å². The highest BCUT2D eigenvalue weighted by atomic mass is 16.2. The minimum atomic E-state index is -0.358. The van der Waals surface area contributed by atoms with E-state index in [1.165, 1.54) is 6.20 Å². The molecule has 0 aliphatic rings. The van der Waals surface area contributed by atoms with E-state index < -0.39 is 0 Å². The van der Waals surface area contributed by atoms with E-state index in [1.54, 1.807) is 10.9 Å². The van der Waals surface area contributed by atoms with Crippen LogP contribution in [0.25, 0.3) is 5.69 Å². The highest BCUT2D eigenvalue weighted by Gasteiger charge is 2.15. The zero-order chi connectivity index (χ0) is 19.4. The molecule has 0 spiro atoms. The molecule has 138 valence electrons. The predicted molar refractivity (Wildman–Crippen MR) is 105 cm³/mol. The number of aryl methyl sites for hydroxylation is 3. The van der Waals surface area contributed by atoms with Crippen molar-refractivity contribution < 1.29 is 9.59 Å². The summed E-state index contributed by atoms with van der Waals surface area (Å²) in [4.78, 5) is 28.8. The standard InChI is InChI=1S/C21H22N4O2/c1-14-9-15(2)20(16(3)10-14)24-19(26)12-23-21(27)18-11-22-13-25(18)17-7-5-4-6-8-17/h4-11,13H,12H2,1-3H3,(H,23,27)(H,24,26). The van der Waals surface area contributed by atoms with Crippen molar-refractivity contribution >= 4 is 17.5 Å². The molecule has 3 aromatic rings. The summed E-state index contributed by atoms with van der Waals surface area (Å²) < 4.78 is 1.68. The summed E-state index contributed by atoms with van der Waals surface area (Å²) in [6, 6.07) is 13.5. The van der Waals surface area contributed by atoms with Crippen LogP contribution < -0.4 is 10.6 Å². The van der Waals surface area contributed by atoms with Crippen LogP contribution >= 0.6 is 0 Å². The molecule has 1 aromatic heterocycles. The molecule has 0 fully saturated rings. The SMILES string of the molecule is Cc1cc(C)c(NC(=O)CNC(=O)c2cncn2-c2ccccc2)c(C)c1. The van der Waals surface area contributed by atoms with E-state index in [9.17, 15) is 9.59 Å². The molecular formula is C21H22N4O2.